The van der Waals surface area contributed by atoms with Crippen LogP contribution in [0.2, 0.25) is 10.2 Å². The molecule has 0 amide bonds. The van der Waals surface area contributed by atoms with Crippen molar-refractivity contribution in [3.8, 4) is 6.07 Å². The highest BCUT2D eigenvalue weighted by Gasteiger charge is 2.27. The molecule has 0 bridgehead atoms. The van der Waals surface area contributed by atoms with Crippen LogP contribution >= 0.6 is 23.2 Å². The van der Waals surface area contributed by atoms with E-state index in [1.807, 2.05) is 6.07 Å². The number of nitro groups is 1. The summed E-state index contributed by atoms with van der Waals surface area (Å²) in [6.07, 6.45) is 0. The van der Waals surface area contributed by atoms with E-state index in [-0.39, 0.29) is 16.5 Å². The van der Waals surface area contributed by atoms with Gasteiger partial charge in [-0.1, -0.05) is 41.4 Å². The van der Waals surface area contributed by atoms with Gasteiger partial charge in [-0.2, -0.15) is 5.26 Å². The van der Waals surface area contributed by atoms with Gasteiger partial charge in [-0.25, -0.2) is 4.98 Å². The van der Waals surface area contributed by atoms with E-state index in [4.69, 9.17) is 23.2 Å². The quantitative estimate of drug-likeness (QED) is 0.488. The van der Waals surface area contributed by atoms with Crippen LogP contribution in [0, 0.1) is 21.4 Å². The van der Waals surface area contributed by atoms with Crippen molar-refractivity contribution in [2.75, 3.05) is 0 Å². The first-order chi connectivity index (χ1) is 9.54. The molecule has 20 heavy (non-hydrogen) atoms. The summed E-state index contributed by atoms with van der Waals surface area (Å²) in [6, 6.07) is 11.2. The summed E-state index contributed by atoms with van der Waals surface area (Å²) in [5, 5.41) is 20.8. The summed E-state index contributed by atoms with van der Waals surface area (Å²) in [4.78, 5) is 14.4. The molecule has 0 N–H and O–H groups in total. The van der Waals surface area contributed by atoms with Crippen LogP contribution in [0.3, 0.4) is 0 Å². The van der Waals surface area contributed by atoms with Crippen molar-refractivity contribution in [2.45, 2.75) is 5.92 Å². The highest BCUT2D eigenvalue weighted by molar-refractivity contribution is 6.31. The highest BCUT2D eigenvalue weighted by Crippen LogP contribution is 2.34. The number of hydrogen-bond donors (Lipinski definition) is 0. The molecule has 1 atom stereocenters. The Morgan fingerprint density at radius 3 is 2.55 bits per heavy atom. The third-order valence-corrected chi connectivity index (χ3v) is 3.24. The summed E-state index contributed by atoms with van der Waals surface area (Å²) in [6.45, 7) is 0. The lowest BCUT2D eigenvalue weighted by molar-refractivity contribution is -0.386. The van der Waals surface area contributed by atoms with Crippen molar-refractivity contribution >= 4 is 28.9 Å². The van der Waals surface area contributed by atoms with E-state index in [2.05, 4.69) is 4.98 Å². The smallest absolute Gasteiger partial charge is 0.258 e. The minimum absolute atomic E-state index is 0.0156. The summed E-state index contributed by atoms with van der Waals surface area (Å²) < 4.78 is 0. The lowest BCUT2D eigenvalue weighted by atomic mass is 9.95. The van der Waals surface area contributed by atoms with Crippen LogP contribution in [0.4, 0.5) is 5.69 Å². The molecule has 2 aromatic rings. The molecule has 1 heterocycles. The highest BCUT2D eigenvalue weighted by atomic mass is 35.5. The van der Waals surface area contributed by atoms with Gasteiger partial charge in [-0.3, -0.25) is 10.1 Å². The number of nitrogens with zero attached hydrogens (tertiary/aromatic N) is 3. The van der Waals surface area contributed by atoms with Gasteiger partial charge >= 0.3 is 0 Å². The van der Waals surface area contributed by atoms with Crippen LogP contribution in [0.15, 0.2) is 36.4 Å². The summed E-state index contributed by atoms with van der Waals surface area (Å²) in [5.74, 6) is -0.956. The average Bonchev–Trinajstić information content (AvgIpc) is 2.41. The second-order valence-electron chi connectivity index (χ2n) is 3.88. The fraction of sp³-hybridized carbons (Fsp3) is 0.0769. The third-order valence-electron chi connectivity index (χ3n) is 2.68. The standard InChI is InChI=1S/C13H7Cl2N3O2/c14-10-4-2-1-3-8(10)9(7-16)13-11(18(19)20)5-6-12(15)17-13/h1-6,9H. The van der Waals surface area contributed by atoms with Gasteiger partial charge in [0.25, 0.3) is 5.69 Å². The minimum Gasteiger partial charge on any atom is -0.258 e. The maximum Gasteiger partial charge on any atom is 0.292 e. The molecule has 0 spiro atoms. The maximum atomic E-state index is 11.0. The molecule has 0 aliphatic rings. The number of nitriles is 1. The van der Waals surface area contributed by atoms with E-state index >= 15 is 0 Å². The molecule has 1 unspecified atom stereocenters. The largest absolute Gasteiger partial charge is 0.292 e. The molecule has 0 fully saturated rings. The first-order valence-corrected chi connectivity index (χ1v) is 6.25. The molecule has 0 aliphatic carbocycles. The van der Waals surface area contributed by atoms with Crippen molar-refractivity contribution in [3.05, 3.63) is 67.9 Å². The number of halogens is 2. The lowest BCUT2D eigenvalue weighted by Crippen LogP contribution is -2.06. The van der Waals surface area contributed by atoms with Crippen LogP contribution in [-0.4, -0.2) is 9.91 Å². The Hall–Kier alpha value is -2.16. The Balaban J connectivity index is 2.65. The van der Waals surface area contributed by atoms with E-state index < -0.39 is 10.8 Å². The predicted octanol–water partition coefficient (Wildman–Crippen LogP) is 3.95. The topological polar surface area (TPSA) is 79.8 Å². The van der Waals surface area contributed by atoms with E-state index in [0.29, 0.717) is 10.6 Å². The Morgan fingerprint density at radius 2 is 1.95 bits per heavy atom. The molecule has 5 nitrogen and oxygen atoms in total. The van der Waals surface area contributed by atoms with Crippen molar-refractivity contribution < 1.29 is 4.92 Å². The van der Waals surface area contributed by atoms with Crippen LogP contribution in [0.1, 0.15) is 17.2 Å². The van der Waals surface area contributed by atoms with Crippen LogP contribution in [-0.2, 0) is 0 Å². The molecule has 100 valence electrons. The molecule has 0 radical (unpaired) electrons. The second-order valence-corrected chi connectivity index (χ2v) is 4.67. The number of aromatic nitrogens is 1. The van der Waals surface area contributed by atoms with Gasteiger partial charge in [-0.05, 0) is 17.7 Å². The Morgan fingerprint density at radius 1 is 1.25 bits per heavy atom. The second kappa shape index (κ2) is 5.87. The molecule has 1 aromatic heterocycles. The summed E-state index contributed by atoms with van der Waals surface area (Å²) in [5.41, 5.74) is 0.175. The monoisotopic (exact) mass is 307 g/mol. The van der Waals surface area contributed by atoms with Crippen LogP contribution < -0.4 is 0 Å². The molecule has 1 aromatic carbocycles. The van der Waals surface area contributed by atoms with Crippen molar-refractivity contribution in [1.29, 1.82) is 5.26 Å². The van der Waals surface area contributed by atoms with Gasteiger partial charge < -0.3 is 0 Å². The SMILES string of the molecule is N#CC(c1ccccc1Cl)c1nc(Cl)ccc1[N+](=O)[O-]. The predicted molar refractivity (Wildman–Crippen MR) is 74.8 cm³/mol. The van der Waals surface area contributed by atoms with Gasteiger partial charge in [0, 0.05) is 11.1 Å². The zero-order chi connectivity index (χ0) is 14.7. The van der Waals surface area contributed by atoms with E-state index in [1.165, 1.54) is 12.1 Å². The minimum atomic E-state index is -0.956. The molecule has 7 heteroatoms. The lowest BCUT2D eigenvalue weighted by Gasteiger charge is -2.11. The fourth-order valence-electron chi connectivity index (χ4n) is 1.80. The average molecular weight is 308 g/mol. The van der Waals surface area contributed by atoms with Gasteiger partial charge in [-0.15, -0.1) is 0 Å². The summed E-state index contributed by atoms with van der Waals surface area (Å²) in [7, 11) is 0. The zero-order valence-corrected chi connectivity index (χ0v) is 11.5. The first-order valence-electron chi connectivity index (χ1n) is 5.49. The number of benzene rings is 1. The van der Waals surface area contributed by atoms with Crippen LogP contribution in [0.25, 0.3) is 0 Å². The number of hydrogen-bond acceptors (Lipinski definition) is 4. The Bertz CT molecular complexity index is 713. The maximum absolute atomic E-state index is 11.0. The van der Waals surface area contributed by atoms with Gasteiger partial charge in [0.15, 0.2) is 0 Å². The van der Waals surface area contributed by atoms with Gasteiger partial charge in [0.1, 0.15) is 16.8 Å². The third kappa shape index (κ3) is 2.72. The van der Waals surface area contributed by atoms with Gasteiger partial charge in [0.05, 0.1) is 11.0 Å². The number of rotatable bonds is 3. The van der Waals surface area contributed by atoms with Gasteiger partial charge in [0.2, 0.25) is 0 Å². The normalized spacial score (nSPS) is 11.7. The van der Waals surface area contributed by atoms with Crippen LogP contribution in [0.5, 0.6) is 0 Å². The molecule has 0 saturated heterocycles. The van der Waals surface area contributed by atoms with E-state index in [9.17, 15) is 15.4 Å². The van der Waals surface area contributed by atoms with E-state index in [0.717, 1.165) is 0 Å². The molecule has 2 rings (SSSR count). The fourth-order valence-corrected chi connectivity index (χ4v) is 2.20. The molecular weight excluding hydrogens is 301 g/mol. The van der Waals surface area contributed by atoms with E-state index in [1.54, 1.807) is 24.3 Å². The Labute approximate surface area is 124 Å². The van der Waals surface area contributed by atoms with Crippen molar-refractivity contribution in [3.63, 3.8) is 0 Å². The van der Waals surface area contributed by atoms with Crippen molar-refractivity contribution in [2.24, 2.45) is 0 Å². The first kappa shape index (κ1) is 14.3. The van der Waals surface area contributed by atoms with Crippen molar-refractivity contribution in [1.82, 2.24) is 4.98 Å². The molecule has 0 aliphatic heterocycles. The number of pyridine rings is 1. The zero-order valence-electron chi connectivity index (χ0n) is 9.96. The molecular formula is C13H7Cl2N3O2. The molecule has 0 saturated carbocycles. The summed E-state index contributed by atoms with van der Waals surface area (Å²) >= 11 is 11.8. The Kier molecular flexibility index (Phi) is 4.18.